The lowest BCUT2D eigenvalue weighted by Crippen LogP contribution is -2.59. The maximum Gasteiger partial charge on any atom is 0.407 e. The van der Waals surface area contributed by atoms with E-state index in [1.807, 2.05) is 6.92 Å². The molecule has 116 valence electrons. The minimum absolute atomic E-state index is 0.105. The van der Waals surface area contributed by atoms with E-state index in [-0.39, 0.29) is 12.1 Å². The molecule has 2 unspecified atom stereocenters. The fraction of sp³-hybridized carbons (Fsp3) is 0.533. The van der Waals surface area contributed by atoms with Crippen LogP contribution in [0.4, 0.5) is 4.79 Å². The molecule has 3 rings (SSSR count). The molecule has 2 fully saturated rings. The topological polar surface area (TPSA) is 89.7 Å². The molecule has 0 bridgehead atoms. The fourth-order valence-corrected chi connectivity index (χ4v) is 3.12. The maximum atomic E-state index is 11.1. The first-order valence-electron chi connectivity index (χ1n) is 7.28. The summed E-state index contributed by atoms with van der Waals surface area (Å²) in [7, 11) is 0. The Hall–Kier alpha value is -2.17. The van der Waals surface area contributed by atoms with Crippen LogP contribution in [0.3, 0.4) is 0 Å². The number of nitrogens with zero attached hydrogens (tertiary/aromatic N) is 4. The number of rotatable bonds is 1. The molecular weight excluding hydrogens is 284 g/mol. The Morgan fingerprint density at radius 1 is 1.45 bits per heavy atom. The summed E-state index contributed by atoms with van der Waals surface area (Å²) in [6.45, 7) is 4.82. The second kappa shape index (κ2) is 5.91. The molecule has 7 heteroatoms. The number of hydrogen-bond donors (Lipinski definition) is 1. The van der Waals surface area contributed by atoms with Crippen molar-refractivity contribution >= 4 is 6.09 Å². The molecule has 7 nitrogen and oxygen atoms in total. The van der Waals surface area contributed by atoms with Crippen molar-refractivity contribution in [2.45, 2.75) is 19.1 Å². The first kappa shape index (κ1) is 14.8. The summed E-state index contributed by atoms with van der Waals surface area (Å²) in [5.74, 6) is 0. The quantitative estimate of drug-likeness (QED) is 0.832. The third-order valence-electron chi connectivity index (χ3n) is 4.49. The minimum Gasteiger partial charge on any atom is -0.465 e. The van der Waals surface area contributed by atoms with Gasteiger partial charge < -0.3 is 14.7 Å². The number of hydrogen-bond acceptors (Lipinski definition) is 5. The van der Waals surface area contributed by atoms with Crippen molar-refractivity contribution in [1.82, 2.24) is 14.8 Å². The molecule has 2 aliphatic heterocycles. The fourth-order valence-electron chi connectivity index (χ4n) is 3.12. The lowest BCUT2D eigenvalue weighted by molar-refractivity contribution is -0.0869. The number of ether oxygens (including phenoxy) is 1. The number of morpholine rings is 1. The summed E-state index contributed by atoms with van der Waals surface area (Å²) in [6, 6.07) is 2.25. The molecule has 2 atom stereocenters. The highest BCUT2D eigenvalue weighted by Crippen LogP contribution is 2.29. The van der Waals surface area contributed by atoms with Crippen molar-refractivity contribution in [3.8, 4) is 6.07 Å². The van der Waals surface area contributed by atoms with E-state index in [1.165, 1.54) is 4.90 Å². The van der Waals surface area contributed by atoms with E-state index in [1.54, 1.807) is 12.4 Å². The van der Waals surface area contributed by atoms with Crippen LogP contribution in [0.25, 0.3) is 0 Å². The first-order chi connectivity index (χ1) is 10.6. The van der Waals surface area contributed by atoms with Crippen molar-refractivity contribution in [3.63, 3.8) is 0 Å². The zero-order chi connectivity index (χ0) is 15.7. The summed E-state index contributed by atoms with van der Waals surface area (Å²) < 4.78 is 5.93. The minimum atomic E-state index is -0.872. The molecule has 2 aliphatic rings. The highest BCUT2D eigenvalue weighted by Gasteiger charge is 2.36. The van der Waals surface area contributed by atoms with Gasteiger partial charge in [0.05, 0.1) is 24.3 Å². The molecule has 0 spiro atoms. The van der Waals surface area contributed by atoms with E-state index in [0.29, 0.717) is 38.3 Å². The highest BCUT2D eigenvalue weighted by atomic mass is 16.5. The van der Waals surface area contributed by atoms with Gasteiger partial charge in [-0.3, -0.25) is 9.88 Å². The molecule has 0 aliphatic carbocycles. The van der Waals surface area contributed by atoms with Crippen molar-refractivity contribution in [1.29, 1.82) is 5.26 Å². The van der Waals surface area contributed by atoms with Crippen LogP contribution in [-0.2, 0) is 4.74 Å². The van der Waals surface area contributed by atoms with Gasteiger partial charge in [0.2, 0.25) is 0 Å². The number of amides is 1. The van der Waals surface area contributed by atoms with Gasteiger partial charge in [-0.2, -0.15) is 5.26 Å². The predicted octanol–water partition coefficient (Wildman–Crippen LogP) is 0.997. The van der Waals surface area contributed by atoms with E-state index in [2.05, 4.69) is 16.0 Å². The van der Waals surface area contributed by atoms with Crippen LogP contribution < -0.4 is 0 Å². The molecule has 0 saturated carbocycles. The van der Waals surface area contributed by atoms with Gasteiger partial charge in [-0.1, -0.05) is 0 Å². The molecule has 1 N–H and O–H groups in total. The summed E-state index contributed by atoms with van der Waals surface area (Å²) in [4.78, 5) is 18.9. The Balaban J connectivity index is 1.74. The van der Waals surface area contributed by atoms with Crippen LogP contribution in [0.1, 0.15) is 22.8 Å². The van der Waals surface area contributed by atoms with Crippen LogP contribution in [0.5, 0.6) is 0 Å². The maximum absolute atomic E-state index is 11.1. The molecule has 0 aromatic carbocycles. The zero-order valence-electron chi connectivity index (χ0n) is 12.4. The Morgan fingerprint density at radius 2 is 2.27 bits per heavy atom. The molecule has 0 radical (unpaired) electrons. The van der Waals surface area contributed by atoms with Crippen LogP contribution >= 0.6 is 0 Å². The number of carboxylic acid groups (broad SMARTS) is 1. The van der Waals surface area contributed by atoms with Crippen LogP contribution in [0.2, 0.25) is 0 Å². The second-order valence-electron chi connectivity index (χ2n) is 5.71. The monoisotopic (exact) mass is 302 g/mol. The van der Waals surface area contributed by atoms with Gasteiger partial charge in [0, 0.05) is 44.1 Å². The number of fused-ring (bicyclic) bond motifs is 1. The number of nitriles is 1. The highest BCUT2D eigenvalue weighted by molar-refractivity contribution is 5.65. The van der Waals surface area contributed by atoms with Gasteiger partial charge in [-0.25, -0.2) is 4.79 Å². The molecule has 1 aromatic heterocycles. The second-order valence-corrected chi connectivity index (χ2v) is 5.71. The zero-order valence-corrected chi connectivity index (χ0v) is 12.4. The summed E-state index contributed by atoms with van der Waals surface area (Å²) in [5, 5.41) is 18.2. The van der Waals surface area contributed by atoms with E-state index in [0.717, 1.165) is 11.1 Å². The van der Waals surface area contributed by atoms with Crippen molar-refractivity contribution in [2.24, 2.45) is 0 Å². The Bertz CT molecular complexity index is 628. The van der Waals surface area contributed by atoms with Crippen LogP contribution in [0.15, 0.2) is 12.4 Å². The molecule has 2 saturated heterocycles. The van der Waals surface area contributed by atoms with Gasteiger partial charge >= 0.3 is 6.09 Å². The smallest absolute Gasteiger partial charge is 0.407 e. The average molecular weight is 302 g/mol. The van der Waals surface area contributed by atoms with Crippen LogP contribution in [-0.4, -0.2) is 64.8 Å². The SMILES string of the molecule is Cc1c(C#N)cncc1C1CN2CCN(C(=O)O)CC2CO1. The molecule has 22 heavy (non-hydrogen) atoms. The van der Waals surface area contributed by atoms with Crippen molar-refractivity contribution < 1.29 is 14.6 Å². The van der Waals surface area contributed by atoms with Gasteiger partial charge in [0.1, 0.15) is 6.07 Å². The van der Waals surface area contributed by atoms with E-state index >= 15 is 0 Å². The lowest BCUT2D eigenvalue weighted by atomic mass is 9.99. The van der Waals surface area contributed by atoms with Gasteiger partial charge in [-0.15, -0.1) is 0 Å². The summed E-state index contributed by atoms with van der Waals surface area (Å²) >= 11 is 0. The number of aromatic nitrogens is 1. The normalized spacial score (nSPS) is 25.4. The molecule has 1 aromatic rings. The van der Waals surface area contributed by atoms with E-state index in [4.69, 9.17) is 15.1 Å². The third-order valence-corrected chi connectivity index (χ3v) is 4.49. The van der Waals surface area contributed by atoms with Gasteiger partial charge in [0.15, 0.2) is 0 Å². The van der Waals surface area contributed by atoms with E-state index < -0.39 is 6.09 Å². The Kier molecular flexibility index (Phi) is 3.96. The number of carbonyl (C=O) groups is 1. The Labute approximate surface area is 128 Å². The summed E-state index contributed by atoms with van der Waals surface area (Å²) in [6.07, 6.45) is 2.34. The molecular formula is C15H18N4O3. The molecule has 3 heterocycles. The standard InChI is InChI=1S/C15H18N4O3/c1-10-11(4-16)5-17-6-13(10)14-8-18-2-3-19(15(20)21)7-12(18)9-22-14/h5-6,12,14H,2-3,7-9H2,1H3,(H,20,21). The lowest BCUT2D eigenvalue weighted by Gasteiger charge is -2.45. The average Bonchev–Trinajstić information content (AvgIpc) is 2.54. The van der Waals surface area contributed by atoms with Crippen molar-refractivity contribution in [3.05, 3.63) is 29.1 Å². The third kappa shape index (κ3) is 2.63. The Morgan fingerprint density at radius 3 is 3.00 bits per heavy atom. The number of pyridine rings is 1. The predicted molar refractivity (Wildman–Crippen MR) is 77.3 cm³/mol. The largest absolute Gasteiger partial charge is 0.465 e. The van der Waals surface area contributed by atoms with Gasteiger partial charge in [0.25, 0.3) is 0 Å². The summed E-state index contributed by atoms with van der Waals surface area (Å²) in [5.41, 5.74) is 2.42. The molecule has 1 amide bonds. The first-order valence-corrected chi connectivity index (χ1v) is 7.28. The van der Waals surface area contributed by atoms with Crippen LogP contribution in [0, 0.1) is 18.3 Å². The van der Waals surface area contributed by atoms with Crippen molar-refractivity contribution in [2.75, 3.05) is 32.8 Å². The number of piperazine rings is 1. The van der Waals surface area contributed by atoms with Gasteiger partial charge in [-0.05, 0) is 12.5 Å². The van der Waals surface area contributed by atoms with E-state index in [9.17, 15) is 4.79 Å².